The lowest BCUT2D eigenvalue weighted by atomic mass is 10.1. The normalized spacial score (nSPS) is 11.0. The van der Waals surface area contributed by atoms with Gasteiger partial charge >= 0.3 is 0 Å². The highest BCUT2D eigenvalue weighted by Crippen LogP contribution is 2.27. The van der Waals surface area contributed by atoms with Gasteiger partial charge < -0.3 is 10.6 Å². The molecular formula is C22H20N4OS. The van der Waals surface area contributed by atoms with Crippen molar-refractivity contribution < 1.29 is 4.79 Å². The minimum absolute atomic E-state index is 0.115. The summed E-state index contributed by atoms with van der Waals surface area (Å²) in [5.74, 6) is -0.115. The van der Waals surface area contributed by atoms with Crippen LogP contribution in [0.2, 0.25) is 0 Å². The molecule has 140 valence electrons. The third-order valence-corrected chi connectivity index (χ3v) is 5.12. The average Bonchev–Trinajstić information content (AvgIpc) is 3.15. The molecular weight excluding hydrogens is 368 g/mol. The van der Waals surface area contributed by atoms with Gasteiger partial charge in [-0.3, -0.25) is 4.79 Å². The molecule has 0 aliphatic heterocycles. The quantitative estimate of drug-likeness (QED) is 0.577. The minimum Gasteiger partial charge on any atom is -0.360 e. The number of aromatic nitrogens is 1. The van der Waals surface area contributed by atoms with E-state index in [2.05, 4.69) is 47.7 Å². The summed E-state index contributed by atoms with van der Waals surface area (Å²) in [6.45, 7) is 5.62. The van der Waals surface area contributed by atoms with E-state index >= 15 is 0 Å². The third kappa shape index (κ3) is 4.64. The van der Waals surface area contributed by atoms with Crippen LogP contribution in [0, 0.1) is 25.2 Å². The molecule has 5 nitrogen and oxygen atoms in total. The maximum atomic E-state index is 11.1. The van der Waals surface area contributed by atoms with Crippen molar-refractivity contribution in [3.8, 4) is 17.3 Å². The number of hydrogen-bond acceptors (Lipinski definition) is 5. The summed E-state index contributed by atoms with van der Waals surface area (Å²) < 4.78 is 0. The number of rotatable bonds is 5. The van der Waals surface area contributed by atoms with Crippen LogP contribution < -0.4 is 10.6 Å². The molecule has 3 aromatic rings. The van der Waals surface area contributed by atoms with Crippen molar-refractivity contribution in [3.63, 3.8) is 0 Å². The Balaban J connectivity index is 1.76. The topological polar surface area (TPSA) is 77.8 Å². The Hall–Kier alpha value is -3.43. The van der Waals surface area contributed by atoms with Crippen molar-refractivity contribution in [3.05, 3.63) is 70.2 Å². The smallest absolute Gasteiger partial charge is 0.221 e. The number of nitrogens with zero attached hydrogens (tertiary/aromatic N) is 2. The summed E-state index contributed by atoms with van der Waals surface area (Å²) in [7, 11) is 0. The number of nitrogens with one attached hydrogen (secondary N) is 2. The van der Waals surface area contributed by atoms with Crippen molar-refractivity contribution in [1.82, 2.24) is 4.98 Å². The molecule has 0 radical (unpaired) electrons. The van der Waals surface area contributed by atoms with Crippen molar-refractivity contribution in [2.45, 2.75) is 20.8 Å². The van der Waals surface area contributed by atoms with E-state index in [1.807, 2.05) is 23.6 Å². The molecule has 0 bridgehead atoms. The minimum atomic E-state index is -0.115. The predicted octanol–water partition coefficient (Wildman–Crippen LogP) is 5.36. The Labute approximate surface area is 168 Å². The van der Waals surface area contributed by atoms with Gasteiger partial charge in [0.05, 0.1) is 5.69 Å². The largest absolute Gasteiger partial charge is 0.360 e. The summed E-state index contributed by atoms with van der Waals surface area (Å²) in [6.07, 6.45) is 1.65. The van der Waals surface area contributed by atoms with E-state index in [1.54, 1.807) is 18.3 Å². The second kappa shape index (κ2) is 8.51. The lowest BCUT2D eigenvalue weighted by Gasteiger charge is -2.05. The van der Waals surface area contributed by atoms with E-state index in [1.165, 1.54) is 29.4 Å². The lowest BCUT2D eigenvalue weighted by molar-refractivity contribution is -0.114. The number of hydrogen-bond donors (Lipinski definition) is 2. The van der Waals surface area contributed by atoms with E-state index in [-0.39, 0.29) is 5.91 Å². The molecule has 2 N–H and O–H groups in total. The third-order valence-electron chi connectivity index (χ3n) is 4.25. The first-order valence-corrected chi connectivity index (χ1v) is 9.62. The summed E-state index contributed by atoms with van der Waals surface area (Å²) in [5, 5.41) is 18.0. The number of anilines is 2. The Morgan fingerprint density at radius 3 is 2.46 bits per heavy atom. The summed E-state index contributed by atoms with van der Waals surface area (Å²) >= 11 is 1.44. The highest BCUT2D eigenvalue weighted by atomic mass is 32.1. The fourth-order valence-electron chi connectivity index (χ4n) is 2.58. The zero-order valence-corrected chi connectivity index (χ0v) is 16.7. The molecule has 0 spiro atoms. The van der Waals surface area contributed by atoms with Crippen molar-refractivity contribution >= 4 is 34.2 Å². The van der Waals surface area contributed by atoms with Crippen LogP contribution in [0.4, 0.5) is 11.4 Å². The van der Waals surface area contributed by atoms with Gasteiger partial charge in [0.2, 0.25) is 5.91 Å². The number of amides is 1. The van der Waals surface area contributed by atoms with Crippen LogP contribution in [0.15, 0.2) is 54.0 Å². The molecule has 0 aliphatic carbocycles. The zero-order valence-electron chi connectivity index (χ0n) is 15.9. The molecule has 1 aromatic heterocycles. The van der Waals surface area contributed by atoms with Gasteiger partial charge in [0.15, 0.2) is 0 Å². The Kier molecular flexibility index (Phi) is 5.87. The molecule has 1 heterocycles. The number of aryl methyl sites for hydroxylation is 2. The van der Waals surface area contributed by atoms with Gasteiger partial charge in [-0.1, -0.05) is 12.1 Å². The maximum absolute atomic E-state index is 11.1. The van der Waals surface area contributed by atoms with Crippen LogP contribution in [0.1, 0.15) is 23.1 Å². The molecule has 6 heteroatoms. The van der Waals surface area contributed by atoms with Crippen LogP contribution >= 0.6 is 11.3 Å². The standard InChI is InChI=1S/C22H20N4OS/c1-14-4-5-17(10-15(14)2)21-13-28-22(26-21)18(11-23)12-24-19-6-8-20(9-7-19)25-16(3)27/h4-10,12-13,24H,1-3H3,(H,25,27)/b18-12+. The van der Waals surface area contributed by atoms with Gasteiger partial charge in [0, 0.05) is 35.4 Å². The van der Waals surface area contributed by atoms with E-state index in [0.29, 0.717) is 10.6 Å². The molecule has 3 rings (SSSR count). The Bertz CT molecular complexity index is 1070. The second-order valence-electron chi connectivity index (χ2n) is 6.41. The molecule has 0 unspecified atom stereocenters. The summed E-state index contributed by atoms with van der Waals surface area (Å²) in [4.78, 5) is 15.7. The summed E-state index contributed by atoms with van der Waals surface area (Å²) in [5.41, 5.74) is 6.37. The first-order chi connectivity index (χ1) is 13.5. The first-order valence-electron chi connectivity index (χ1n) is 8.74. The molecule has 2 aromatic carbocycles. The number of thiazole rings is 1. The summed E-state index contributed by atoms with van der Waals surface area (Å²) in [6, 6.07) is 15.7. The van der Waals surface area contributed by atoms with Crippen LogP contribution in [-0.4, -0.2) is 10.9 Å². The lowest BCUT2D eigenvalue weighted by Crippen LogP contribution is -2.05. The van der Waals surface area contributed by atoms with Crippen LogP contribution in [0.3, 0.4) is 0 Å². The fraction of sp³-hybridized carbons (Fsp3) is 0.136. The molecule has 0 fully saturated rings. The maximum Gasteiger partial charge on any atom is 0.221 e. The molecule has 0 saturated carbocycles. The highest BCUT2D eigenvalue weighted by Gasteiger charge is 2.09. The van der Waals surface area contributed by atoms with Crippen molar-refractivity contribution in [2.24, 2.45) is 0 Å². The fourth-order valence-corrected chi connectivity index (χ4v) is 3.38. The van der Waals surface area contributed by atoms with Crippen LogP contribution in [0.5, 0.6) is 0 Å². The molecule has 0 aliphatic rings. The van der Waals surface area contributed by atoms with Gasteiger partial charge in [-0.05, 0) is 55.3 Å². The Morgan fingerprint density at radius 2 is 1.82 bits per heavy atom. The van der Waals surface area contributed by atoms with Gasteiger partial charge in [-0.15, -0.1) is 11.3 Å². The van der Waals surface area contributed by atoms with Gasteiger partial charge in [-0.2, -0.15) is 5.26 Å². The monoisotopic (exact) mass is 388 g/mol. The number of benzene rings is 2. The molecule has 0 saturated heterocycles. The van der Waals surface area contributed by atoms with Crippen LogP contribution in [0.25, 0.3) is 16.8 Å². The SMILES string of the molecule is CC(=O)Nc1ccc(N/C=C(\C#N)c2nc(-c3ccc(C)c(C)c3)cs2)cc1. The highest BCUT2D eigenvalue weighted by molar-refractivity contribution is 7.11. The number of nitriles is 1. The predicted molar refractivity (Wildman–Crippen MR) is 115 cm³/mol. The zero-order chi connectivity index (χ0) is 20.1. The van der Waals surface area contributed by atoms with E-state index < -0.39 is 0 Å². The first kappa shape index (κ1) is 19.3. The van der Waals surface area contributed by atoms with Gasteiger partial charge in [0.1, 0.15) is 16.6 Å². The number of carbonyl (C=O) groups is 1. The van der Waals surface area contributed by atoms with E-state index in [4.69, 9.17) is 0 Å². The average molecular weight is 388 g/mol. The number of allylic oxidation sites excluding steroid dienone is 1. The molecule has 0 atom stereocenters. The molecule has 28 heavy (non-hydrogen) atoms. The van der Waals surface area contributed by atoms with E-state index in [0.717, 1.165) is 22.6 Å². The van der Waals surface area contributed by atoms with E-state index in [9.17, 15) is 10.1 Å². The van der Waals surface area contributed by atoms with Crippen molar-refractivity contribution in [2.75, 3.05) is 10.6 Å². The molecule has 1 amide bonds. The van der Waals surface area contributed by atoms with Crippen molar-refractivity contribution in [1.29, 1.82) is 5.26 Å². The van der Waals surface area contributed by atoms with Gasteiger partial charge in [-0.25, -0.2) is 4.98 Å². The Morgan fingerprint density at radius 1 is 1.11 bits per heavy atom. The number of carbonyl (C=O) groups excluding carboxylic acids is 1. The van der Waals surface area contributed by atoms with Gasteiger partial charge in [0.25, 0.3) is 0 Å². The van der Waals surface area contributed by atoms with Crippen LogP contribution in [-0.2, 0) is 4.79 Å². The second-order valence-corrected chi connectivity index (χ2v) is 7.27.